The monoisotopic (exact) mass is 442 g/mol. The lowest BCUT2D eigenvalue weighted by Crippen LogP contribution is -2.30. The van der Waals surface area contributed by atoms with E-state index in [-0.39, 0.29) is 24.0 Å². The first-order valence-corrected chi connectivity index (χ1v) is 11.8. The van der Waals surface area contributed by atoms with Crippen molar-refractivity contribution in [1.29, 1.82) is 0 Å². The van der Waals surface area contributed by atoms with Gasteiger partial charge in [-0.15, -0.1) is 0 Å². The maximum atomic E-state index is 13.9. The van der Waals surface area contributed by atoms with E-state index < -0.39 is 27.9 Å². The van der Waals surface area contributed by atoms with E-state index in [1.165, 1.54) is 11.0 Å². The van der Waals surface area contributed by atoms with Gasteiger partial charge in [0, 0.05) is 12.6 Å². The summed E-state index contributed by atoms with van der Waals surface area (Å²) >= 11 is 0. The standard InChI is InChI=1S/C19H27FN4O5S/c1-13(16-9-17(15(20)10-21-16)29-12-14-5-6-14)23-30(27,28)8-4-2-3-7-24-11-18(25)22-19(24)26/h9-10,13-14,23H,2-8,11-12H2,1H3,(H,22,25,26)/t13-/m1/s1. The number of nitrogens with zero attached hydrogens (tertiary/aromatic N) is 2. The van der Waals surface area contributed by atoms with Crippen molar-refractivity contribution in [3.05, 3.63) is 23.8 Å². The molecule has 0 unspecified atom stereocenters. The molecule has 0 bridgehead atoms. The van der Waals surface area contributed by atoms with E-state index in [9.17, 15) is 22.4 Å². The quantitative estimate of drug-likeness (QED) is 0.376. The van der Waals surface area contributed by atoms with Crippen LogP contribution in [-0.2, 0) is 14.8 Å². The van der Waals surface area contributed by atoms with Gasteiger partial charge in [0.05, 0.1) is 30.3 Å². The van der Waals surface area contributed by atoms with Gasteiger partial charge in [-0.1, -0.05) is 6.42 Å². The van der Waals surface area contributed by atoms with Crippen molar-refractivity contribution in [2.45, 2.75) is 45.1 Å². The number of aromatic nitrogens is 1. The average molecular weight is 443 g/mol. The molecule has 11 heteroatoms. The van der Waals surface area contributed by atoms with Crippen LogP contribution < -0.4 is 14.8 Å². The van der Waals surface area contributed by atoms with Crippen molar-refractivity contribution in [2.75, 3.05) is 25.4 Å². The highest BCUT2D eigenvalue weighted by atomic mass is 32.2. The Morgan fingerprint density at radius 1 is 1.33 bits per heavy atom. The van der Waals surface area contributed by atoms with Crippen LogP contribution in [0.25, 0.3) is 0 Å². The third-order valence-electron chi connectivity index (χ3n) is 5.02. The number of imide groups is 1. The molecule has 1 aromatic rings. The highest BCUT2D eigenvalue weighted by Crippen LogP contribution is 2.30. The maximum Gasteiger partial charge on any atom is 0.324 e. The van der Waals surface area contributed by atoms with Gasteiger partial charge < -0.3 is 9.64 Å². The molecule has 1 aliphatic carbocycles. The molecule has 3 rings (SSSR count). The second kappa shape index (κ2) is 9.69. The second-order valence-corrected chi connectivity index (χ2v) is 9.66. The zero-order valence-electron chi connectivity index (χ0n) is 16.9. The van der Waals surface area contributed by atoms with Gasteiger partial charge in [0.2, 0.25) is 15.9 Å². The first kappa shape index (κ1) is 22.4. The smallest absolute Gasteiger partial charge is 0.324 e. The van der Waals surface area contributed by atoms with E-state index >= 15 is 0 Å². The first-order chi connectivity index (χ1) is 14.2. The Morgan fingerprint density at radius 3 is 2.77 bits per heavy atom. The molecular weight excluding hydrogens is 415 g/mol. The van der Waals surface area contributed by atoms with E-state index in [4.69, 9.17) is 4.74 Å². The topological polar surface area (TPSA) is 118 Å². The average Bonchev–Trinajstić information content (AvgIpc) is 3.44. The van der Waals surface area contributed by atoms with E-state index in [2.05, 4.69) is 15.0 Å². The number of amides is 3. The summed E-state index contributed by atoms with van der Waals surface area (Å²) in [6.45, 7) is 2.55. The molecule has 3 amide bonds. The Balaban J connectivity index is 1.42. The minimum Gasteiger partial charge on any atom is -0.490 e. The zero-order chi connectivity index (χ0) is 21.7. The molecule has 1 atom stereocenters. The highest BCUT2D eigenvalue weighted by Gasteiger charge is 2.26. The molecular formula is C19H27FN4O5S. The fraction of sp³-hybridized carbons (Fsp3) is 0.632. The molecule has 2 N–H and O–H groups in total. The van der Waals surface area contributed by atoms with Crippen LogP contribution in [0.15, 0.2) is 12.3 Å². The van der Waals surface area contributed by atoms with Crippen LogP contribution >= 0.6 is 0 Å². The molecule has 2 fully saturated rings. The molecule has 0 radical (unpaired) electrons. The third kappa shape index (κ3) is 6.63. The number of carbonyl (C=O) groups excluding carboxylic acids is 2. The van der Waals surface area contributed by atoms with Crippen molar-refractivity contribution in [2.24, 2.45) is 5.92 Å². The molecule has 0 spiro atoms. The van der Waals surface area contributed by atoms with Crippen LogP contribution in [0.5, 0.6) is 5.75 Å². The van der Waals surface area contributed by atoms with Crippen LogP contribution in [0.4, 0.5) is 9.18 Å². The number of rotatable bonds is 12. The molecule has 0 aromatic carbocycles. The van der Waals surface area contributed by atoms with Crippen LogP contribution in [0.2, 0.25) is 0 Å². The van der Waals surface area contributed by atoms with Crippen molar-refractivity contribution in [1.82, 2.24) is 19.9 Å². The molecule has 1 aliphatic heterocycles. The summed E-state index contributed by atoms with van der Waals surface area (Å²) in [6.07, 6.45) is 4.83. The first-order valence-electron chi connectivity index (χ1n) is 10.1. The van der Waals surface area contributed by atoms with Gasteiger partial charge in [-0.05, 0) is 38.5 Å². The van der Waals surface area contributed by atoms with E-state index in [0.717, 1.165) is 19.0 Å². The molecule has 166 valence electrons. The van der Waals surface area contributed by atoms with Gasteiger partial charge in [0.1, 0.15) is 6.54 Å². The Bertz CT molecular complexity index is 891. The maximum absolute atomic E-state index is 13.9. The Hall–Kier alpha value is -2.27. The van der Waals surface area contributed by atoms with Crippen LogP contribution in [-0.4, -0.2) is 55.7 Å². The highest BCUT2D eigenvalue weighted by molar-refractivity contribution is 7.89. The summed E-state index contributed by atoms with van der Waals surface area (Å²) in [5.41, 5.74) is 0.385. The Morgan fingerprint density at radius 2 is 2.10 bits per heavy atom. The normalized spacial score (nSPS) is 17.9. The van der Waals surface area contributed by atoms with E-state index in [0.29, 0.717) is 44.0 Å². The largest absolute Gasteiger partial charge is 0.490 e. The summed E-state index contributed by atoms with van der Waals surface area (Å²) < 4.78 is 46.6. The number of halogens is 1. The second-order valence-electron chi connectivity index (χ2n) is 7.79. The van der Waals surface area contributed by atoms with E-state index in [1.54, 1.807) is 6.92 Å². The number of sulfonamides is 1. The number of ether oxygens (including phenoxy) is 1. The van der Waals surface area contributed by atoms with Gasteiger partial charge in [0.15, 0.2) is 11.6 Å². The molecule has 1 saturated carbocycles. The van der Waals surface area contributed by atoms with Gasteiger partial charge in [-0.25, -0.2) is 22.3 Å². The minimum atomic E-state index is -3.56. The van der Waals surface area contributed by atoms with Crippen molar-refractivity contribution in [3.8, 4) is 5.75 Å². The van der Waals surface area contributed by atoms with E-state index in [1.807, 2.05) is 0 Å². The lowest BCUT2D eigenvalue weighted by Gasteiger charge is -2.16. The predicted octanol–water partition coefficient (Wildman–Crippen LogP) is 1.71. The Labute approximate surface area is 175 Å². The zero-order valence-corrected chi connectivity index (χ0v) is 17.7. The summed E-state index contributed by atoms with van der Waals surface area (Å²) in [6, 6.07) is 0.404. The third-order valence-corrected chi connectivity index (χ3v) is 6.56. The summed E-state index contributed by atoms with van der Waals surface area (Å²) in [7, 11) is -3.56. The van der Waals surface area contributed by atoms with Gasteiger partial charge in [-0.2, -0.15) is 0 Å². The number of urea groups is 1. The number of hydrogen-bond donors (Lipinski definition) is 2. The van der Waals surface area contributed by atoms with Crippen LogP contribution in [0.1, 0.15) is 50.8 Å². The Kier molecular flexibility index (Phi) is 7.24. The number of hydrogen-bond acceptors (Lipinski definition) is 6. The number of pyridine rings is 1. The molecule has 1 aromatic heterocycles. The van der Waals surface area contributed by atoms with Crippen molar-refractivity contribution >= 4 is 22.0 Å². The van der Waals surface area contributed by atoms with Crippen LogP contribution in [0, 0.1) is 11.7 Å². The van der Waals surface area contributed by atoms with Gasteiger partial charge in [-0.3, -0.25) is 15.1 Å². The summed E-state index contributed by atoms with van der Waals surface area (Å²) in [4.78, 5) is 27.9. The van der Waals surface area contributed by atoms with Gasteiger partial charge >= 0.3 is 6.03 Å². The molecule has 2 heterocycles. The van der Waals surface area contributed by atoms with Crippen molar-refractivity contribution < 1.29 is 27.1 Å². The van der Waals surface area contributed by atoms with Gasteiger partial charge in [0.25, 0.3) is 0 Å². The molecule has 30 heavy (non-hydrogen) atoms. The predicted molar refractivity (Wildman–Crippen MR) is 107 cm³/mol. The summed E-state index contributed by atoms with van der Waals surface area (Å²) in [5.74, 6) is -0.409. The fourth-order valence-electron chi connectivity index (χ4n) is 3.10. The van der Waals surface area contributed by atoms with Crippen LogP contribution in [0.3, 0.4) is 0 Å². The SMILES string of the molecule is C[C@@H](NS(=O)(=O)CCCCCN1CC(=O)NC1=O)c1cc(OCC2CC2)c(F)cn1. The van der Waals surface area contributed by atoms with Crippen molar-refractivity contribution in [3.63, 3.8) is 0 Å². The lowest BCUT2D eigenvalue weighted by atomic mass is 10.2. The summed E-state index contributed by atoms with van der Waals surface area (Å²) in [5, 5.41) is 2.20. The molecule has 1 saturated heterocycles. The number of unbranched alkanes of at least 4 members (excludes halogenated alkanes) is 2. The number of carbonyl (C=O) groups is 2. The lowest BCUT2D eigenvalue weighted by molar-refractivity contribution is -0.118. The molecule has 9 nitrogen and oxygen atoms in total. The fourth-order valence-corrected chi connectivity index (χ4v) is 4.46. The molecule has 2 aliphatic rings. The minimum absolute atomic E-state index is 0.0488. The number of nitrogens with one attached hydrogen (secondary N) is 2.